The second kappa shape index (κ2) is 4.68. The molecule has 12 heteroatoms. The summed E-state index contributed by atoms with van der Waals surface area (Å²) in [5.74, 6) is 0. The van der Waals surface area contributed by atoms with Crippen molar-refractivity contribution in [1.29, 1.82) is 0 Å². The number of para-hydroxylation sites is 1. The molecular formula is C8H13F6N3P2Sn. The molecule has 0 saturated carbocycles. The van der Waals surface area contributed by atoms with Crippen molar-refractivity contribution in [3.8, 4) is 0 Å². The van der Waals surface area contributed by atoms with Crippen molar-refractivity contribution in [3.63, 3.8) is 0 Å². The van der Waals surface area contributed by atoms with Crippen LogP contribution in [-0.4, -0.2) is 31.3 Å². The molecule has 0 saturated heterocycles. The standard InChI is InChI=1S/C6H4N3.2CH3.F6P.H3P.Sn/c1-2-4-6-5(3-1)7-9-8-6;;;1-7(2,3,4,5)6;;/h1-4H;2*1H3;;1H3;/q-1;;;-1;;+2. The summed E-state index contributed by atoms with van der Waals surface area (Å²) in [6, 6.07) is 8.16. The van der Waals surface area contributed by atoms with Crippen LogP contribution in [0.15, 0.2) is 24.3 Å². The van der Waals surface area contributed by atoms with E-state index in [9.17, 15) is 25.2 Å². The molecule has 1 aromatic heterocycles. The molecule has 0 fully saturated rings. The van der Waals surface area contributed by atoms with E-state index in [-0.39, 0.29) is 0 Å². The van der Waals surface area contributed by atoms with E-state index in [1.807, 2.05) is 18.2 Å². The summed E-state index contributed by atoms with van der Waals surface area (Å²) >= 11 is -2.09. The average Bonchev–Trinajstić information content (AvgIpc) is 2.54. The molecule has 0 spiro atoms. The predicted octanol–water partition coefficient (Wildman–Crippen LogP) is 4.97. The van der Waals surface area contributed by atoms with Gasteiger partial charge in [0.05, 0.1) is 0 Å². The molecule has 116 valence electrons. The SMILES string of the molecule is F[P-](F)(F)(F)(F)F.[CH3][Sn]([CH3])([PH3+])[n]1nnc2ccccc21. The van der Waals surface area contributed by atoms with Gasteiger partial charge in [0.15, 0.2) is 0 Å². The van der Waals surface area contributed by atoms with Gasteiger partial charge in [0, 0.05) is 0 Å². The van der Waals surface area contributed by atoms with Gasteiger partial charge in [0.1, 0.15) is 0 Å². The van der Waals surface area contributed by atoms with Gasteiger partial charge in [-0.05, 0) is 0 Å². The number of rotatable bonds is 1. The fourth-order valence-electron chi connectivity index (χ4n) is 1.32. The van der Waals surface area contributed by atoms with Crippen molar-refractivity contribution in [3.05, 3.63) is 24.3 Å². The van der Waals surface area contributed by atoms with Gasteiger partial charge in [-0.2, -0.15) is 0 Å². The third-order valence-corrected chi connectivity index (χ3v) is 8.15. The van der Waals surface area contributed by atoms with Gasteiger partial charge in [-0.25, -0.2) is 0 Å². The number of halogens is 6. The Hall–Kier alpha value is -0.141. The summed E-state index contributed by atoms with van der Waals surface area (Å²) in [5, 5.41) is 8.39. The minimum absolute atomic E-state index is 1.01. The summed E-state index contributed by atoms with van der Waals surface area (Å²) in [7, 11) is -10.7. The summed E-state index contributed by atoms with van der Waals surface area (Å²) in [6.45, 7) is 2.12. The molecule has 2 rings (SSSR count). The molecule has 20 heavy (non-hydrogen) atoms. The zero-order chi connectivity index (χ0) is 15.9. The molecule has 0 aliphatic heterocycles. The van der Waals surface area contributed by atoms with Crippen molar-refractivity contribution in [2.75, 3.05) is 0 Å². The van der Waals surface area contributed by atoms with Crippen molar-refractivity contribution in [2.45, 2.75) is 9.88 Å². The van der Waals surface area contributed by atoms with E-state index in [1.54, 1.807) is 0 Å². The Balaban J connectivity index is 0.000000246. The molecule has 0 N–H and O–H groups in total. The zero-order valence-electron chi connectivity index (χ0n) is 10.6. The Bertz CT molecular complexity index is 606. The van der Waals surface area contributed by atoms with Crippen LogP contribution < -0.4 is 0 Å². The van der Waals surface area contributed by atoms with Crippen LogP contribution >= 0.6 is 14.7 Å². The predicted molar refractivity (Wildman–Crippen MR) is 75.1 cm³/mol. The molecule has 0 aliphatic rings. The second-order valence-electron chi connectivity index (χ2n) is 4.76. The molecule has 0 amide bonds. The number of fused-ring (bicyclic) bond motifs is 1. The summed E-state index contributed by atoms with van der Waals surface area (Å²) < 4.78 is 61.4. The Kier molecular flexibility index (Phi) is 4.19. The fourth-order valence-corrected chi connectivity index (χ4v) is 6.10. The monoisotopic (exact) mass is 447 g/mol. The fraction of sp³-hybridized carbons (Fsp3) is 0.250. The topological polar surface area (TPSA) is 30.7 Å². The van der Waals surface area contributed by atoms with E-state index in [4.69, 9.17) is 0 Å². The van der Waals surface area contributed by atoms with E-state index in [2.05, 4.69) is 36.1 Å². The first-order valence-electron chi connectivity index (χ1n) is 5.27. The molecule has 1 heterocycles. The number of hydrogen-bond donors (Lipinski definition) is 0. The first kappa shape index (κ1) is 17.9. The van der Waals surface area contributed by atoms with Crippen molar-refractivity contribution < 1.29 is 25.2 Å². The number of aromatic nitrogens is 3. The Labute approximate surface area is 116 Å². The summed E-state index contributed by atoms with van der Waals surface area (Å²) in [4.78, 5) is 4.68. The summed E-state index contributed by atoms with van der Waals surface area (Å²) in [5.41, 5.74) is 2.21. The summed E-state index contributed by atoms with van der Waals surface area (Å²) in [6.07, 6.45) is 0. The van der Waals surface area contributed by atoms with Gasteiger partial charge in [0.25, 0.3) is 0 Å². The third kappa shape index (κ3) is 7.59. The van der Waals surface area contributed by atoms with E-state index < -0.39 is 25.9 Å². The van der Waals surface area contributed by atoms with Gasteiger partial charge in [0.2, 0.25) is 0 Å². The van der Waals surface area contributed by atoms with E-state index in [0.29, 0.717) is 0 Å². The van der Waals surface area contributed by atoms with Crippen LogP contribution in [0.25, 0.3) is 11.0 Å². The van der Waals surface area contributed by atoms with Crippen LogP contribution in [0.2, 0.25) is 9.88 Å². The van der Waals surface area contributed by atoms with Crippen LogP contribution in [0.1, 0.15) is 0 Å². The Morgan fingerprint density at radius 1 is 1.05 bits per heavy atom. The van der Waals surface area contributed by atoms with Crippen LogP contribution in [-0.2, 0) is 0 Å². The van der Waals surface area contributed by atoms with Gasteiger partial charge in [-0.1, -0.05) is 0 Å². The first-order chi connectivity index (χ1) is 8.54. The molecule has 3 nitrogen and oxygen atoms in total. The molecule has 1 aromatic carbocycles. The number of nitrogens with zero attached hydrogens (tertiary/aromatic N) is 3. The van der Waals surface area contributed by atoms with E-state index in [0.717, 1.165) is 5.52 Å². The van der Waals surface area contributed by atoms with Crippen LogP contribution in [0.4, 0.5) is 25.2 Å². The molecule has 1 unspecified atom stereocenters. The first-order valence-corrected chi connectivity index (χ1v) is 21.0. The quantitative estimate of drug-likeness (QED) is 0.352. The normalized spacial score (nSPS) is 16.2. The van der Waals surface area contributed by atoms with Crippen molar-refractivity contribution in [1.82, 2.24) is 13.2 Å². The van der Waals surface area contributed by atoms with Gasteiger partial charge in [-0.15, -0.1) is 0 Å². The second-order valence-corrected chi connectivity index (χ2v) is 29.8. The van der Waals surface area contributed by atoms with Crippen molar-refractivity contribution in [2.24, 2.45) is 0 Å². The molecule has 0 aliphatic carbocycles. The van der Waals surface area contributed by atoms with E-state index in [1.165, 1.54) is 5.52 Å². The Morgan fingerprint density at radius 3 is 1.95 bits per heavy atom. The van der Waals surface area contributed by atoms with Crippen LogP contribution in [0.5, 0.6) is 0 Å². The zero-order valence-corrected chi connectivity index (χ0v) is 15.7. The number of hydrogen-bond acceptors (Lipinski definition) is 2. The average molecular weight is 446 g/mol. The maximum atomic E-state index is 9.87. The maximum absolute atomic E-state index is 10.7. The third-order valence-electron chi connectivity index (χ3n) is 1.93. The molecule has 0 bridgehead atoms. The number of benzene rings is 1. The van der Waals surface area contributed by atoms with Crippen LogP contribution in [0.3, 0.4) is 0 Å². The molecular weight excluding hydrogens is 433 g/mol. The minimum atomic E-state index is -10.7. The van der Waals surface area contributed by atoms with Crippen LogP contribution in [0, 0.1) is 0 Å². The van der Waals surface area contributed by atoms with Gasteiger partial charge >= 0.3 is 116 Å². The molecule has 0 radical (unpaired) electrons. The van der Waals surface area contributed by atoms with Crippen molar-refractivity contribution >= 4 is 43.8 Å². The van der Waals surface area contributed by atoms with Gasteiger partial charge < -0.3 is 0 Å². The molecule has 1 atom stereocenters. The molecule has 2 aromatic rings. The Morgan fingerprint density at radius 2 is 1.50 bits per heavy atom. The van der Waals surface area contributed by atoms with Gasteiger partial charge in [-0.3, -0.25) is 0 Å². The van der Waals surface area contributed by atoms with E-state index >= 15 is 0 Å².